The quantitative estimate of drug-likeness (QED) is 0.141. The van der Waals surface area contributed by atoms with Crippen LogP contribution < -0.4 is 9.64 Å². The molecule has 1 unspecified atom stereocenters. The van der Waals surface area contributed by atoms with Crippen molar-refractivity contribution in [2.75, 3.05) is 18.1 Å². The number of nitrogens with zero attached hydrogens (tertiary/aromatic N) is 4. The molecule has 9 heteroatoms. The molecule has 2 aliphatic heterocycles. The number of aliphatic carboxylic acids is 1. The SMILES string of the molecule is CC1(C)OC(=C(C#N)C#N)C(C#N)=C1C=CC1=C(Oc2ccc(CCCO)cc2)C(=CC=C2N(CCCCCC(=O)O)c3ccccc3C2(C)C)CC(C(C)(C)C)C1. The Hall–Kier alpha value is -5.82. The van der Waals surface area contributed by atoms with Crippen molar-refractivity contribution in [1.29, 1.82) is 15.8 Å². The Kier molecular flexibility index (Phi) is 13.6. The molecule has 3 aliphatic rings. The van der Waals surface area contributed by atoms with Gasteiger partial charge in [-0.25, -0.2) is 0 Å². The molecule has 2 aromatic carbocycles. The number of hydrogen-bond acceptors (Lipinski definition) is 8. The summed E-state index contributed by atoms with van der Waals surface area (Å²) in [6.45, 7) is 15.8. The summed E-state index contributed by atoms with van der Waals surface area (Å²) in [5, 5.41) is 48.1. The van der Waals surface area contributed by atoms with Crippen LogP contribution in [0.1, 0.15) is 105 Å². The third-order valence-corrected chi connectivity index (χ3v) is 11.5. The van der Waals surface area contributed by atoms with Crippen molar-refractivity contribution >= 4 is 11.7 Å². The predicted octanol–water partition coefficient (Wildman–Crippen LogP) is 10.4. The van der Waals surface area contributed by atoms with E-state index in [1.807, 2.05) is 62.4 Å². The highest BCUT2D eigenvalue weighted by atomic mass is 16.5. The number of allylic oxidation sites excluding steroid dienone is 8. The first-order valence-corrected chi connectivity index (χ1v) is 20.2. The topological polar surface area (TPSA) is 151 Å². The van der Waals surface area contributed by atoms with Gasteiger partial charge in [-0.2, -0.15) is 15.8 Å². The van der Waals surface area contributed by atoms with Crippen molar-refractivity contribution in [3.8, 4) is 24.0 Å². The lowest BCUT2D eigenvalue weighted by molar-refractivity contribution is -0.137. The van der Waals surface area contributed by atoms with Crippen molar-refractivity contribution < 1.29 is 24.5 Å². The number of aryl methyl sites for hydroxylation is 1. The van der Waals surface area contributed by atoms with E-state index in [1.165, 1.54) is 5.56 Å². The highest BCUT2D eigenvalue weighted by molar-refractivity contribution is 5.71. The first-order chi connectivity index (χ1) is 27.5. The number of carboxylic acids is 1. The van der Waals surface area contributed by atoms with Crippen LogP contribution in [0.5, 0.6) is 5.75 Å². The van der Waals surface area contributed by atoms with E-state index in [0.717, 1.165) is 66.1 Å². The molecule has 9 nitrogen and oxygen atoms in total. The van der Waals surface area contributed by atoms with Crippen LogP contribution in [-0.2, 0) is 21.4 Å². The Labute approximate surface area is 344 Å². The molecule has 0 fully saturated rings. The molecule has 302 valence electrons. The third kappa shape index (κ3) is 9.64. The summed E-state index contributed by atoms with van der Waals surface area (Å²) in [6, 6.07) is 22.4. The fraction of sp³-hybridized carbons (Fsp3) is 0.429. The number of carbonyl (C=O) groups is 1. The molecule has 0 spiro atoms. The fourth-order valence-corrected chi connectivity index (χ4v) is 8.10. The molecular weight excluding hydrogens is 725 g/mol. The van der Waals surface area contributed by atoms with Gasteiger partial charge in [-0.15, -0.1) is 0 Å². The lowest BCUT2D eigenvalue weighted by Gasteiger charge is -2.36. The highest BCUT2D eigenvalue weighted by Crippen LogP contribution is 2.49. The maximum Gasteiger partial charge on any atom is 0.303 e. The summed E-state index contributed by atoms with van der Waals surface area (Å²) in [5.74, 6) is 0.874. The number of aliphatic hydroxyl groups is 1. The molecule has 0 bridgehead atoms. The second kappa shape index (κ2) is 18.2. The lowest BCUT2D eigenvalue weighted by Crippen LogP contribution is -2.28. The van der Waals surface area contributed by atoms with Crippen LogP contribution >= 0.6 is 0 Å². The van der Waals surface area contributed by atoms with E-state index < -0.39 is 11.6 Å². The van der Waals surface area contributed by atoms with Gasteiger partial charge in [0.05, 0.1) is 0 Å². The van der Waals surface area contributed by atoms with Gasteiger partial charge < -0.3 is 24.6 Å². The number of unbranched alkanes of at least 4 members (excludes halogenated alkanes) is 2. The van der Waals surface area contributed by atoms with E-state index in [-0.39, 0.29) is 46.7 Å². The van der Waals surface area contributed by atoms with E-state index in [1.54, 1.807) is 0 Å². The van der Waals surface area contributed by atoms with Crippen molar-refractivity contribution in [2.45, 2.75) is 111 Å². The number of anilines is 1. The van der Waals surface area contributed by atoms with E-state index in [0.29, 0.717) is 30.6 Å². The average Bonchev–Trinajstić information content (AvgIpc) is 3.56. The Bertz CT molecular complexity index is 2190. The maximum atomic E-state index is 11.2. The van der Waals surface area contributed by atoms with Gasteiger partial charge in [0.2, 0.25) is 0 Å². The van der Waals surface area contributed by atoms with Gasteiger partial charge in [-0.1, -0.05) is 89.6 Å². The number of benzene rings is 2. The fourth-order valence-electron chi connectivity index (χ4n) is 8.10. The van der Waals surface area contributed by atoms with Gasteiger partial charge in [0.25, 0.3) is 0 Å². The number of nitriles is 3. The highest BCUT2D eigenvalue weighted by Gasteiger charge is 2.41. The van der Waals surface area contributed by atoms with Crippen LogP contribution in [0, 0.1) is 45.3 Å². The summed E-state index contributed by atoms with van der Waals surface area (Å²) >= 11 is 0. The molecule has 0 saturated heterocycles. The summed E-state index contributed by atoms with van der Waals surface area (Å²) in [5.41, 5.74) is 5.81. The number of aliphatic hydroxyl groups excluding tert-OH is 1. The Morgan fingerprint density at radius 2 is 1.66 bits per heavy atom. The standard InChI is InChI=1S/C49H56N4O5/c1-47(2,3)37-28-34(20-24-40-39(32-52)46(36(30-50)31-51)58-49(40,6)7)45(57-38-22-18-33(19-23-38)14-13-27-54)35(29-37)21-25-43-48(4,5)41-15-10-11-16-42(41)53(43)26-12-8-9-17-44(55)56/h10-11,15-16,18-25,37,54H,8-9,12-14,17,26-29H2,1-7H3,(H,55,56). The molecule has 1 atom stereocenters. The van der Waals surface area contributed by atoms with E-state index in [9.17, 15) is 30.8 Å². The molecule has 2 aromatic rings. The maximum absolute atomic E-state index is 11.2. The zero-order chi connectivity index (χ0) is 42.3. The van der Waals surface area contributed by atoms with Crippen LogP contribution in [0.15, 0.2) is 118 Å². The van der Waals surface area contributed by atoms with Crippen LogP contribution in [-0.4, -0.2) is 34.9 Å². The molecule has 5 rings (SSSR count). The molecule has 2 N–H and O–H groups in total. The van der Waals surface area contributed by atoms with E-state index >= 15 is 0 Å². The molecule has 2 heterocycles. The molecule has 0 amide bonds. The summed E-state index contributed by atoms with van der Waals surface area (Å²) < 4.78 is 13.0. The zero-order valence-corrected chi connectivity index (χ0v) is 35.0. The molecule has 0 saturated carbocycles. The normalized spacial score (nSPS) is 19.9. The van der Waals surface area contributed by atoms with Crippen molar-refractivity contribution in [3.05, 3.63) is 129 Å². The Balaban J connectivity index is 1.67. The zero-order valence-electron chi connectivity index (χ0n) is 35.0. The van der Waals surface area contributed by atoms with Gasteiger partial charge in [0, 0.05) is 41.9 Å². The van der Waals surface area contributed by atoms with Crippen LogP contribution in [0.2, 0.25) is 0 Å². The van der Waals surface area contributed by atoms with Gasteiger partial charge in [0.1, 0.15) is 40.9 Å². The van der Waals surface area contributed by atoms with Gasteiger partial charge in [-0.3, -0.25) is 4.79 Å². The minimum absolute atomic E-state index is 0.000993. The summed E-state index contributed by atoms with van der Waals surface area (Å²) in [7, 11) is 0. The lowest BCUT2D eigenvalue weighted by atomic mass is 9.70. The Morgan fingerprint density at radius 1 is 0.948 bits per heavy atom. The molecule has 0 aromatic heterocycles. The van der Waals surface area contributed by atoms with Crippen molar-refractivity contribution in [3.63, 3.8) is 0 Å². The van der Waals surface area contributed by atoms with Crippen LogP contribution in [0.25, 0.3) is 0 Å². The number of rotatable bonds is 14. The van der Waals surface area contributed by atoms with Gasteiger partial charge in [0.15, 0.2) is 11.3 Å². The largest absolute Gasteiger partial charge is 0.481 e. The minimum Gasteiger partial charge on any atom is -0.481 e. The second-order valence-electron chi connectivity index (χ2n) is 17.4. The smallest absolute Gasteiger partial charge is 0.303 e. The molecule has 58 heavy (non-hydrogen) atoms. The summed E-state index contributed by atoms with van der Waals surface area (Å²) in [6.07, 6.45) is 13.7. The number of carboxylic acid groups (broad SMARTS) is 1. The predicted molar refractivity (Wildman–Crippen MR) is 226 cm³/mol. The number of fused-ring (bicyclic) bond motifs is 1. The molecular formula is C49H56N4O5. The number of para-hydroxylation sites is 1. The minimum atomic E-state index is -0.969. The van der Waals surface area contributed by atoms with Gasteiger partial charge in [-0.05, 0) is 110 Å². The monoisotopic (exact) mass is 780 g/mol. The first-order valence-electron chi connectivity index (χ1n) is 20.2. The first kappa shape index (κ1) is 43.3. The average molecular weight is 781 g/mol. The van der Waals surface area contributed by atoms with Crippen LogP contribution in [0.3, 0.4) is 0 Å². The second-order valence-corrected chi connectivity index (χ2v) is 17.4. The number of ether oxygens (including phenoxy) is 2. The molecule has 1 aliphatic carbocycles. The van der Waals surface area contributed by atoms with Crippen molar-refractivity contribution in [1.82, 2.24) is 0 Å². The van der Waals surface area contributed by atoms with Gasteiger partial charge >= 0.3 is 5.97 Å². The number of hydrogen-bond donors (Lipinski definition) is 2. The van der Waals surface area contributed by atoms with Crippen LogP contribution in [0.4, 0.5) is 5.69 Å². The van der Waals surface area contributed by atoms with Crippen molar-refractivity contribution in [2.24, 2.45) is 11.3 Å². The molecule has 0 radical (unpaired) electrons. The van der Waals surface area contributed by atoms with E-state index in [2.05, 4.69) is 82.0 Å². The third-order valence-electron chi connectivity index (χ3n) is 11.5. The Morgan fingerprint density at radius 3 is 2.29 bits per heavy atom. The van der Waals surface area contributed by atoms with E-state index in [4.69, 9.17) is 9.47 Å². The summed E-state index contributed by atoms with van der Waals surface area (Å²) in [4.78, 5) is 13.6.